The highest BCUT2D eigenvalue weighted by molar-refractivity contribution is 6.33. The Kier molecular flexibility index (Phi) is 3.48. The third kappa shape index (κ3) is 2.41. The third-order valence-electron chi connectivity index (χ3n) is 3.75. The standard InChI is InChI=1S/C15H7ClF3N7/c16-9-2-1-7-10(8(9)5-20)22-11(12(7)26-4-3-21-6-26)13-23-14(25-24-13)15(17,18)19/h1-4,6,22H,(H,23,24,25). The maximum absolute atomic E-state index is 12.8. The lowest BCUT2D eigenvalue weighted by atomic mass is 10.1. The number of aromatic nitrogens is 6. The number of halogens is 4. The van der Waals surface area contributed by atoms with Gasteiger partial charge < -0.3 is 9.55 Å². The summed E-state index contributed by atoms with van der Waals surface area (Å²) >= 11 is 6.05. The molecule has 0 amide bonds. The third-order valence-corrected chi connectivity index (χ3v) is 4.06. The average Bonchev–Trinajstić information content (AvgIpc) is 3.31. The molecule has 4 rings (SSSR count). The van der Waals surface area contributed by atoms with E-state index >= 15 is 0 Å². The molecule has 0 radical (unpaired) electrons. The molecule has 1 aromatic carbocycles. The number of nitriles is 1. The van der Waals surface area contributed by atoms with E-state index < -0.39 is 12.0 Å². The number of H-pyrrole nitrogens is 2. The van der Waals surface area contributed by atoms with Crippen molar-refractivity contribution in [2.75, 3.05) is 0 Å². The minimum Gasteiger partial charge on any atom is -0.349 e. The fraction of sp³-hybridized carbons (Fsp3) is 0.0667. The van der Waals surface area contributed by atoms with Crippen molar-refractivity contribution in [3.63, 3.8) is 0 Å². The average molecular weight is 378 g/mol. The van der Waals surface area contributed by atoms with E-state index in [-0.39, 0.29) is 22.1 Å². The number of nitrogens with zero attached hydrogens (tertiary/aromatic N) is 5. The molecule has 3 aromatic heterocycles. The van der Waals surface area contributed by atoms with Crippen LogP contribution in [0, 0.1) is 11.3 Å². The summed E-state index contributed by atoms with van der Waals surface area (Å²) in [6.45, 7) is 0. The zero-order valence-corrected chi connectivity index (χ0v) is 13.4. The lowest BCUT2D eigenvalue weighted by Gasteiger charge is -2.03. The van der Waals surface area contributed by atoms with E-state index in [9.17, 15) is 18.4 Å². The Hall–Kier alpha value is -3.32. The number of benzene rings is 1. The van der Waals surface area contributed by atoms with Crippen molar-refractivity contribution in [3.05, 3.63) is 47.3 Å². The molecule has 0 atom stereocenters. The van der Waals surface area contributed by atoms with Crippen LogP contribution in [0.5, 0.6) is 0 Å². The summed E-state index contributed by atoms with van der Waals surface area (Å²) in [6, 6.07) is 5.19. The molecule has 7 nitrogen and oxygen atoms in total. The number of rotatable bonds is 2. The zero-order chi connectivity index (χ0) is 18.5. The van der Waals surface area contributed by atoms with Crippen LogP contribution in [0.3, 0.4) is 0 Å². The summed E-state index contributed by atoms with van der Waals surface area (Å²) in [5.41, 5.74) is 1.20. The molecule has 3 heterocycles. The second kappa shape index (κ2) is 5.60. The van der Waals surface area contributed by atoms with Gasteiger partial charge in [-0.3, -0.25) is 5.10 Å². The molecule has 0 aliphatic rings. The van der Waals surface area contributed by atoms with E-state index in [0.717, 1.165) is 0 Å². The lowest BCUT2D eigenvalue weighted by molar-refractivity contribution is -0.144. The van der Waals surface area contributed by atoms with E-state index in [2.05, 4.69) is 20.1 Å². The molecular weight excluding hydrogens is 371 g/mol. The first-order chi connectivity index (χ1) is 12.4. The van der Waals surface area contributed by atoms with Gasteiger partial charge in [0.25, 0.3) is 0 Å². The van der Waals surface area contributed by atoms with Gasteiger partial charge in [-0.05, 0) is 12.1 Å². The Labute approximate surface area is 148 Å². The minimum absolute atomic E-state index is 0.170. The van der Waals surface area contributed by atoms with Crippen molar-refractivity contribution in [2.45, 2.75) is 6.18 Å². The molecule has 0 unspecified atom stereocenters. The van der Waals surface area contributed by atoms with Crippen molar-refractivity contribution in [3.8, 4) is 23.3 Å². The molecule has 11 heteroatoms. The number of aromatic amines is 2. The Morgan fingerprint density at radius 3 is 2.69 bits per heavy atom. The molecule has 0 bridgehead atoms. The zero-order valence-electron chi connectivity index (χ0n) is 12.6. The van der Waals surface area contributed by atoms with E-state index in [4.69, 9.17) is 11.6 Å². The largest absolute Gasteiger partial charge is 0.451 e. The topological polar surface area (TPSA) is 99.0 Å². The SMILES string of the molecule is N#Cc1c(Cl)ccc2c(-n3ccnc3)c(-c3n[nH]c(C(F)(F)F)n3)[nH]c12. The van der Waals surface area contributed by atoms with Crippen molar-refractivity contribution in [1.29, 1.82) is 5.26 Å². The number of hydrogen-bond acceptors (Lipinski definition) is 4. The van der Waals surface area contributed by atoms with Gasteiger partial charge in [0.1, 0.15) is 11.8 Å². The molecule has 4 aromatic rings. The minimum atomic E-state index is -4.66. The summed E-state index contributed by atoms with van der Waals surface area (Å²) in [4.78, 5) is 10.4. The predicted octanol–water partition coefficient (Wildman–Crippen LogP) is 3.68. The number of alkyl halides is 3. The van der Waals surface area contributed by atoms with Gasteiger partial charge in [-0.1, -0.05) is 11.6 Å². The molecular formula is C15H7ClF3N7. The van der Waals surface area contributed by atoms with Gasteiger partial charge in [-0.15, -0.1) is 0 Å². The molecule has 0 fully saturated rings. The van der Waals surface area contributed by atoms with E-state index in [0.29, 0.717) is 16.6 Å². The van der Waals surface area contributed by atoms with Crippen LogP contribution in [0.4, 0.5) is 13.2 Å². The van der Waals surface area contributed by atoms with Crippen LogP contribution < -0.4 is 0 Å². The van der Waals surface area contributed by atoms with Gasteiger partial charge in [0.2, 0.25) is 5.82 Å². The molecule has 0 spiro atoms. The van der Waals surface area contributed by atoms with Gasteiger partial charge in [-0.2, -0.15) is 23.5 Å². The summed E-state index contributed by atoms with van der Waals surface area (Å²) in [5, 5.41) is 15.7. The Morgan fingerprint density at radius 2 is 2.08 bits per heavy atom. The molecule has 26 heavy (non-hydrogen) atoms. The highest BCUT2D eigenvalue weighted by Gasteiger charge is 2.36. The van der Waals surface area contributed by atoms with Gasteiger partial charge in [0.05, 0.1) is 28.1 Å². The summed E-state index contributed by atoms with van der Waals surface area (Å²) in [6.07, 6.45) is -0.0510. The maximum Gasteiger partial charge on any atom is 0.451 e. The highest BCUT2D eigenvalue weighted by atomic mass is 35.5. The number of hydrogen-bond donors (Lipinski definition) is 2. The fourth-order valence-electron chi connectivity index (χ4n) is 2.65. The van der Waals surface area contributed by atoms with Crippen LogP contribution in [-0.2, 0) is 6.18 Å². The van der Waals surface area contributed by atoms with Crippen LogP contribution >= 0.6 is 11.6 Å². The van der Waals surface area contributed by atoms with Crippen molar-refractivity contribution < 1.29 is 13.2 Å². The fourth-order valence-corrected chi connectivity index (χ4v) is 2.85. The Balaban J connectivity index is 2.04. The second-order valence-electron chi connectivity index (χ2n) is 5.28. The van der Waals surface area contributed by atoms with E-state index in [1.807, 2.05) is 11.2 Å². The van der Waals surface area contributed by atoms with Gasteiger partial charge >= 0.3 is 6.18 Å². The van der Waals surface area contributed by atoms with Gasteiger partial charge in [0, 0.05) is 17.8 Å². The monoisotopic (exact) mass is 377 g/mol. The molecule has 130 valence electrons. The molecule has 0 aliphatic heterocycles. The predicted molar refractivity (Wildman–Crippen MR) is 85.5 cm³/mol. The normalized spacial score (nSPS) is 11.8. The van der Waals surface area contributed by atoms with E-state index in [1.54, 1.807) is 22.9 Å². The quantitative estimate of drug-likeness (QED) is 0.556. The van der Waals surface area contributed by atoms with Crippen molar-refractivity contribution >= 4 is 22.5 Å². The van der Waals surface area contributed by atoms with Crippen LogP contribution in [0.25, 0.3) is 28.1 Å². The van der Waals surface area contributed by atoms with Crippen LogP contribution in [0.1, 0.15) is 11.4 Å². The number of imidazole rings is 1. The molecule has 0 saturated carbocycles. The Bertz CT molecular complexity index is 1150. The smallest absolute Gasteiger partial charge is 0.349 e. The lowest BCUT2D eigenvalue weighted by Crippen LogP contribution is -2.07. The van der Waals surface area contributed by atoms with Crippen LogP contribution in [0.15, 0.2) is 30.9 Å². The summed E-state index contributed by atoms with van der Waals surface area (Å²) in [5.74, 6) is -1.42. The first-order valence-electron chi connectivity index (χ1n) is 7.12. The van der Waals surface area contributed by atoms with E-state index in [1.165, 1.54) is 12.5 Å². The van der Waals surface area contributed by atoms with Gasteiger partial charge in [-0.25, -0.2) is 9.97 Å². The maximum atomic E-state index is 12.8. The van der Waals surface area contributed by atoms with Crippen molar-refractivity contribution in [2.24, 2.45) is 0 Å². The highest BCUT2D eigenvalue weighted by Crippen LogP contribution is 2.36. The number of fused-ring (bicyclic) bond motifs is 1. The molecule has 0 aliphatic carbocycles. The molecule has 0 saturated heterocycles. The molecule has 2 N–H and O–H groups in total. The van der Waals surface area contributed by atoms with Crippen molar-refractivity contribution in [1.82, 2.24) is 29.7 Å². The Morgan fingerprint density at radius 1 is 1.27 bits per heavy atom. The van der Waals surface area contributed by atoms with Crippen LogP contribution in [-0.4, -0.2) is 29.7 Å². The first-order valence-corrected chi connectivity index (χ1v) is 7.50. The van der Waals surface area contributed by atoms with Gasteiger partial charge in [0.15, 0.2) is 5.82 Å². The summed E-state index contributed by atoms with van der Waals surface area (Å²) < 4.78 is 40.1. The number of nitrogens with one attached hydrogen (secondary N) is 2. The first kappa shape index (κ1) is 16.2. The summed E-state index contributed by atoms with van der Waals surface area (Å²) in [7, 11) is 0. The second-order valence-corrected chi connectivity index (χ2v) is 5.69. The van der Waals surface area contributed by atoms with Crippen LogP contribution in [0.2, 0.25) is 5.02 Å².